The topological polar surface area (TPSA) is 147 Å². The quantitative estimate of drug-likeness (QED) is 0.0860. The third-order valence-corrected chi connectivity index (χ3v) is 4.97. The molecule has 14 heteroatoms. The van der Waals surface area contributed by atoms with Gasteiger partial charge in [0, 0.05) is 19.4 Å². The van der Waals surface area contributed by atoms with Gasteiger partial charge in [-0.1, -0.05) is 6.92 Å². The van der Waals surface area contributed by atoms with Crippen LogP contribution < -0.4 is 0 Å². The number of rotatable bonds is 30. The molecule has 1 rings (SSSR count). The first-order chi connectivity index (χ1) is 19.6. The highest BCUT2D eigenvalue weighted by molar-refractivity contribution is 6.01. The van der Waals surface area contributed by atoms with Gasteiger partial charge in [-0.05, 0) is 6.42 Å². The minimum absolute atomic E-state index is 0.0636. The first kappa shape index (κ1) is 36.3. The third-order valence-electron chi connectivity index (χ3n) is 4.97. The molecule has 0 atom stereocenters. The zero-order chi connectivity index (χ0) is 28.9. The Bertz CT molecular complexity index is 622. The normalized spacial score (nSPS) is 13.5. The standard InChI is InChI=1S/C26H47NO13/c1-2-6-31-8-10-33-12-14-35-16-18-37-20-22-39-23-21-38-19-17-36-15-13-34-11-9-32-7-5-26(30)40-27-24(28)3-4-25(27)29/h2-23H2,1H3. The number of carbonyl (C=O) groups is 3. The van der Waals surface area contributed by atoms with Gasteiger partial charge in [-0.25, -0.2) is 4.79 Å². The van der Waals surface area contributed by atoms with Gasteiger partial charge < -0.3 is 47.5 Å². The van der Waals surface area contributed by atoms with E-state index < -0.39 is 17.8 Å². The monoisotopic (exact) mass is 581 g/mol. The summed E-state index contributed by atoms with van der Waals surface area (Å²) >= 11 is 0. The molecule has 1 aliphatic rings. The van der Waals surface area contributed by atoms with Crippen LogP contribution in [-0.4, -0.2) is 142 Å². The van der Waals surface area contributed by atoms with Gasteiger partial charge in [-0.3, -0.25) is 9.59 Å². The Hall–Kier alpha value is -1.75. The van der Waals surface area contributed by atoms with Crippen molar-refractivity contribution in [1.29, 1.82) is 0 Å². The highest BCUT2D eigenvalue weighted by Crippen LogP contribution is 2.12. The van der Waals surface area contributed by atoms with Crippen LogP contribution in [0.25, 0.3) is 0 Å². The Labute approximate surface area is 236 Å². The molecule has 0 N–H and O–H groups in total. The molecule has 0 aromatic rings. The van der Waals surface area contributed by atoms with E-state index in [2.05, 4.69) is 6.92 Å². The zero-order valence-electron chi connectivity index (χ0n) is 23.8. The second-order valence-electron chi connectivity index (χ2n) is 8.31. The molecule has 0 bridgehead atoms. The van der Waals surface area contributed by atoms with Crippen LogP contribution in [0.1, 0.15) is 32.6 Å². The Kier molecular flexibility index (Phi) is 24.9. The van der Waals surface area contributed by atoms with E-state index in [1.165, 1.54) is 0 Å². The summed E-state index contributed by atoms with van der Waals surface area (Å²) in [6.45, 7) is 10.6. The summed E-state index contributed by atoms with van der Waals surface area (Å²) in [7, 11) is 0. The molecular weight excluding hydrogens is 534 g/mol. The number of imide groups is 1. The lowest BCUT2D eigenvalue weighted by Gasteiger charge is -2.12. The number of amides is 2. The summed E-state index contributed by atoms with van der Waals surface area (Å²) in [5.74, 6) is -1.71. The van der Waals surface area contributed by atoms with Crippen LogP contribution in [0.2, 0.25) is 0 Å². The van der Waals surface area contributed by atoms with Crippen LogP contribution in [0.4, 0.5) is 0 Å². The summed E-state index contributed by atoms with van der Waals surface area (Å²) in [6, 6.07) is 0. The predicted octanol–water partition coefficient (Wildman–Crippen LogP) is 0.543. The second-order valence-corrected chi connectivity index (χ2v) is 8.31. The minimum Gasteiger partial charge on any atom is -0.379 e. The number of ether oxygens (including phenoxy) is 9. The molecule has 1 aliphatic heterocycles. The van der Waals surface area contributed by atoms with Crippen LogP contribution in [0, 0.1) is 0 Å². The molecule has 1 heterocycles. The number of carbonyl (C=O) groups excluding carboxylic acids is 3. The first-order valence-corrected chi connectivity index (χ1v) is 13.9. The molecular formula is C26H47NO13. The van der Waals surface area contributed by atoms with E-state index in [0.29, 0.717) is 111 Å². The predicted molar refractivity (Wildman–Crippen MR) is 139 cm³/mol. The lowest BCUT2D eigenvalue weighted by Crippen LogP contribution is -2.32. The van der Waals surface area contributed by atoms with Gasteiger partial charge in [0.25, 0.3) is 11.8 Å². The Morgan fingerprint density at radius 2 is 0.775 bits per heavy atom. The van der Waals surface area contributed by atoms with E-state index in [-0.39, 0.29) is 25.9 Å². The summed E-state index contributed by atoms with van der Waals surface area (Å²) in [5, 5.41) is 0.521. The molecule has 0 saturated carbocycles. The third kappa shape index (κ3) is 22.0. The number of hydroxylamine groups is 2. The largest absolute Gasteiger partial charge is 0.379 e. The van der Waals surface area contributed by atoms with Gasteiger partial charge in [0.2, 0.25) is 0 Å². The van der Waals surface area contributed by atoms with Crippen LogP contribution in [0.3, 0.4) is 0 Å². The SMILES string of the molecule is CCCOCCOCCOCCOCCOCCOCCOCCOCCOCCC(=O)ON1C(=O)CCC1=O. The molecule has 234 valence electrons. The molecule has 0 spiro atoms. The molecule has 0 radical (unpaired) electrons. The van der Waals surface area contributed by atoms with Crippen LogP contribution >= 0.6 is 0 Å². The Morgan fingerprint density at radius 1 is 0.500 bits per heavy atom. The molecule has 1 fully saturated rings. The van der Waals surface area contributed by atoms with Crippen molar-refractivity contribution in [2.75, 3.05) is 119 Å². The fraction of sp³-hybridized carbons (Fsp3) is 0.885. The molecule has 2 amide bonds. The summed E-state index contributed by atoms with van der Waals surface area (Å²) in [6.07, 6.45) is 1.07. The van der Waals surface area contributed by atoms with Crippen molar-refractivity contribution in [3.63, 3.8) is 0 Å². The van der Waals surface area contributed by atoms with Crippen molar-refractivity contribution in [1.82, 2.24) is 5.06 Å². The van der Waals surface area contributed by atoms with Crippen molar-refractivity contribution < 1.29 is 61.9 Å². The average molecular weight is 582 g/mol. The maximum absolute atomic E-state index is 11.6. The zero-order valence-corrected chi connectivity index (χ0v) is 23.8. The summed E-state index contributed by atoms with van der Waals surface area (Å²) in [5.41, 5.74) is 0. The molecule has 0 aliphatic carbocycles. The van der Waals surface area contributed by atoms with Gasteiger partial charge in [0.05, 0.1) is 119 Å². The van der Waals surface area contributed by atoms with Gasteiger partial charge >= 0.3 is 5.97 Å². The molecule has 40 heavy (non-hydrogen) atoms. The van der Waals surface area contributed by atoms with E-state index in [1.807, 2.05) is 0 Å². The van der Waals surface area contributed by atoms with Crippen molar-refractivity contribution in [2.45, 2.75) is 32.6 Å². The first-order valence-electron chi connectivity index (χ1n) is 13.9. The molecule has 14 nitrogen and oxygen atoms in total. The molecule has 0 aromatic heterocycles. The van der Waals surface area contributed by atoms with Gasteiger partial charge in [0.1, 0.15) is 0 Å². The lowest BCUT2D eigenvalue weighted by molar-refractivity contribution is -0.198. The second kappa shape index (κ2) is 27.4. The number of hydrogen-bond donors (Lipinski definition) is 0. The van der Waals surface area contributed by atoms with Crippen LogP contribution in [-0.2, 0) is 61.9 Å². The Balaban J connectivity index is 1.67. The van der Waals surface area contributed by atoms with Crippen LogP contribution in [0.5, 0.6) is 0 Å². The lowest BCUT2D eigenvalue weighted by atomic mass is 10.4. The number of nitrogens with zero attached hydrogens (tertiary/aromatic N) is 1. The molecule has 0 aromatic carbocycles. The van der Waals surface area contributed by atoms with E-state index in [4.69, 9.17) is 47.5 Å². The summed E-state index contributed by atoms with van der Waals surface area (Å²) in [4.78, 5) is 39.1. The maximum atomic E-state index is 11.6. The van der Waals surface area contributed by atoms with Gasteiger partial charge in [-0.2, -0.15) is 0 Å². The molecule has 1 saturated heterocycles. The Morgan fingerprint density at radius 3 is 1.07 bits per heavy atom. The minimum atomic E-state index is -0.695. The van der Waals surface area contributed by atoms with Crippen molar-refractivity contribution in [2.24, 2.45) is 0 Å². The van der Waals surface area contributed by atoms with E-state index in [0.717, 1.165) is 13.0 Å². The van der Waals surface area contributed by atoms with Crippen molar-refractivity contribution in [3.05, 3.63) is 0 Å². The van der Waals surface area contributed by atoms with Crippen LogP contribution in [0.15, 0.2) is 0 Å². The van der Waals surface area contributed by atoms with Gasteiger partial charge in [0.15, 0.2) is 0 Å². The van der Waals surface area contributed by atoms with Gasteiger partial charge in [-0.15, -0.1) is 5.06 Å². The van der Waals surface area contributed by atoms with Crippen molar-refractivity contribution >= 4 is 17.8 Å². The van der Waals surface area contributed by atoms with E-state index >= 15 is 0 Å². The fourth-order valence-corrected chi connectivity index (χ4v) is 2.97. The average Bonchev–Trinajstić information content (AvgIpc) is 3.26. The maximum Gasteiger partial charge on any atom is 0.335 e. The van der Waals surface area contributed by atoms with Crippen molar-refractivity contribution in [3.8, 4) is 0 Å². The smallest absolute Gasteiger partial charge is 0.335 e. The highest BCUT2D eigenvalue weighted by Gasteiger charge is 2.32. The fourth-order valence-electron chi connectivity index (χ4n) is 2.97. The van der Waals surface area contributed by atoms with E-state index in [9.17, 15) is 14.4 Å². The van der Waals surface area contributed by atoms with E-state index in [1.54, 1.807) is 0 Å². The summed E-state index contributed by atoms with van der Waals surface area (Å²) < 4.78 is 48.5. The molecule has 0 unspecified atom stereocenters. The number of hydrogen-bond acceptors (Lipinski definition) is 13. The highest BCUT2D eigenvalue weighted by atomic mass is 16.7.